The average molecular weight is 368 g/mol. The van der Waals surface area contributed by atoms with E-state index in [2.05, 4.69) is 76.4 Å². The van der Waals surface area contributed by atoms with Crippen LogP contribution in [0.2, 0.25) is 0 Å². The van der Waals surface area contributed by atoms with E-state index >= 15 is 0 Å². The molecule has 0 radical (unpaired) electrons. The van der Waals surface area contributed by atoms with E-state index in [9.17, 15) is 0 Å². The van der Waals surface area contributed by atoms with Gasteiger partial charge >= 0.3 is 0 Å². The molecule has 2 aromatic rings. The lowest BCUT2D eigenvalue weighted by atomic mass is 9.94. The van der Waals surface area contributed by atoms with Gasteiger partial charge in [-0.25, -0.2) is 0 Å². The molecule has 0 saturated carbocycles. The fraction of sp³-hybridized carbons (Fsp3) is 0.0667. The molecule has 90 valence electrons. The van der Waals surface area contributed by atoms with Crippen LogP contribution in [0.1, 0.15) is 11.1 Å². The van der Waals surface area contributed by atoms with Crippen molar-refractivity contribution in [2.75, 3.05) is 5.32 Å². The number of rotatable bonds is 1. The number of hydrogen-bond donors (Lipinski definition) is 1. The topological polar surface area (TPSA) is 12.0 Å². The summed E-state index contributed by atoms with van der Waals surface area (Å²) in [5.74, 6) is 0. The van der Waals surface area contributed by atoms with Crippen LogP contribution >= 0.6 is 34.2 Å². The van der Waals surface area contributed by atoms with E-state index in [1.807, 2.05) is 6.07 Å². The third kappa shape index (κ3) is 2.27. The molecule has 1 unspecified atom stereocenters. The van der Waals surface area contributed by atoms with Gasteiger partial charge in [-0.1, -0.05) is 41.9 Å². The molecule has 3 rings (SSSR count). The minimum Gasteiger partial charge on any atom is -0.366 e. The summed E-state index contributed by atoms with van der Waals surface area (Å²) >= 11 is 8.57. The molecule has 1 heterocycles. The Kier molecular flexibility index (Phi) is 3.31. The molecular weight excluding hydrogens is 357 g/mol. The van der Waals surface area contributed by atoms with Gasteiger partial charge in [0.15, 0.2) is 0 Å². The lowest BCUT2D eigenvalue weighted by Crippen LogP contribution is -2.16. The molecule has 18 heavy (non-hydrogen) atoms. The summed E-state index contributed by atoms with van der Waals surface area (Å²) in [6, 6.07) is 16.7. The smallest absolute Gasteiger partial charge is 0.121 e. The first-order valence-corrected chi connectivity index (χ1v) is 7.23. The number of alkyl halides is 1. The van der Waals surface area contributed by atoms with Crippen molar-refractivity contribution in [2.45, 2.75) is 5.50 Å². The van der Waals surface area contributed by atoms with Gasteiger partial charge in [0.25, 0.3) is 0 Å². The molecule has 1 atom stereocenters. The molecule has 0 saturated heterocycles. The first-order valence-electron chi connectivity index (χ1n) is 5.72. The van der Waals surface area contributed by atoms with Crippen molar-refractivity contribution in [3.05, 3.63) is 69.3 Å². The molecule has 0 aliphatic carbocycles. The Morgan fingerprint density at radius 2 is 1.83 bits per heavy atom. The number of anilines is 1. The van der Waals surface area contributed by atoms with Crippen LogP contribution < -0.4 is 5.32 Å². The summed E-state index contributed by atoms with van der Waals surface area (Å²) in [5, 5.41) is 3.27. The van der Waals surface area contributed by atoms with Gasteiger partial charge in [0.05, 0.1) is 0 Å². The highest BCUT2D eigenvalue weighted by Gasteiger charge is 2.18. The Balaban J connectivity index is 2.17. The quantitative estimate of drug-likeness (QED) is 0.437. The molecular formula is C15H11ClIN. The van der Waals surface area contributed by atoms with Crippen LogP contribution in [-0.4, -0.2) is 5.50 Å². The largest absolute Gasteiger partial charge is 0.366 e. The number of hydrogen-bond acceptors (Lipinski definition) is 1. The second-order valence-electron chi connectivity index (χ2n) is 4.18. The van der Waals surface area contributed by atoms with Crippen LogP contribution in [0.5, 0.6) is 0 Å². The number of halogens is 2. The SMILES string of the molecule is ClC1C=C(c2ccccc2)c2cc(I)ccc2N1. The Labute approximate surface area is 125 Å². The molecule has 0 aromatic heterocycles. The Morgan fingerprint density at radius 1 is 1.06 bits per heavy atom. The van der Waals surface area contributed by atoms with Gasteiger partial charge in [0, 0.05) is 14.8 Å². The normalized spacial score (nSPS) is 17.7. The molecule has 3 heteroatoms. The van der Waals surface area contributed by atoms with E-state index in [4.69, 9.17) is 11.6 Å². The van der Waals surface area contributed by atoms with Crippen LogP contribution in [0.25, 0.3) is 5.57 Å². The minimum atomic E-state index is -0.159. The molecule has 1 N–H and O–H groups in total. The second-order valence-corrected chi connectivity index (χ2v) is 5.90. The Bertz CT molecular complexity index is 607. The first kappa shape index (κ1) is 12.1. The molecule has 1 nitrogen and oxygen atoms in total. The molecule has 1 aliphatic rings. The van der Waals surface area contributed by atoms with Crippen molar-refractivity contribution in [2.24, 2.45) is 0 Å². The molecule has 0 fully saturated rings. The van der Waals surface area contributed by atoms with Gasteiger partial charge in [-0.15, -0.1) is 0 Å². The van der Waals surface area contributed by atoms with Crippen LogP contribution in [0.4, 0.5) is 5.69 Å². The third-order valence-corrected chi connectivity index (χ3v) is 3.87. The van der Waals surface area contributed by atoms with Gasteiger partial charge in [0.1, 0.15) is 5.50 Å². The zero-order valence-electron chi connectivity index (χ0n) is 9.53. The van der Waals surface area contributed by atoms with Crippen LogP contribution in [0, 0.1) is 3.57 Å². The third-order valence-electron chi connectivity index (χ3n) is 2.96. The molecule has 0 amide bonds. The lowest BCUT2D eigenvalue weighted by molar-refractivity contribution is 1.20. The fourth-order valence-corrected chi connectivity index (χ4v) is 2.90. The summed E-state index contributed by atoms with van der Waals surface area (Å²) < 4.78 is 1.23. The summed E-state index contributed by atoms with van der Waals surface area (Å²) in [6.07, 6.45) is 2.06. The van der Waals surface area contributed by atoms with Crippen molar-refractivity contribution in [3.8, 4) is 0 Å². The van der Waals surface area contributed by atoms with Crippen LogP contribution in [-0.2, 0) is 0 Å². The molecule has 1 aliphatic heterocycles. The highest BCUT2D eigenvalue weighted by Crippen LogP contribution is 2.35. The maximum Gasteiger partial charge on any atom is 0.121 e. The van der Waals surface area contributed by atoms with Gasteiger partial charge in [-0.2, -0.15) is 0 Å². The Morgan fingerprint density at radius 3 is 2.61 bits per heavy atom. The van der Waals surface area contributed by atoms with Crippen molar-refractivity contribution >= 4 is 45.5 Å². The van der Waals surface area contributed by atoms with Crippen LogP contribution in [0.3, 0.4) is 0 Å². The van der Waals surface area contributed by atoms with Gasteiger partial charge in [0.2, 0.25) is 0 Å². The van der Waals surface area contributed by atoms with E-state index in [0.717, 1.165) is 5.69 Å². The van der Waals surface area contributed by atoms with E-state index in [1.54, 1.807) is 0 Å². The van der Waals surface area contributed by atoms with Crippen molar-refractivity contribution in [1.29, 1.82) is 0 Å². The van der Waals surface area contributed by atoms with Gasteiger partial charge in [-0.05, 0) is 58.0 Å². The summed E-state index contributed by atoms with van der Waals surface area (Å²) in [6.45, 7) is 0. The summed E-state index contributed by atoms with van der Waals surface area (Å²) in [5.41, 5.74) is 4.55. The van der Waals surface area contributed by atoms with Crippen molar-refractivity contribution < 1.29 is 0 Å². The monoisotopic (exact) mass is 367 g/mol. The molecule has 2 aromatic carbocycles. The number of fused-ring (bicyclic) bond motifs is 1. The molecule has 0 spiro atoms. The highest BCUT2D eigenvalue weighted by molar-refractivity contribution is 14.1. The maximum atomic E-state index is 6.24. The lowest BCUT2D eigenvalue weighted by Gasteiger charge is -2.23. The zero-order valence-corrected chi connectivity index (χ0v) is 12.4. The van der Waals surface area contributed by atoms with Crippen molar-refractivity contribution in [1.82, 2.24) is 0 Å². The van der Waals surface area contributed by atoms with E-state index in [1.165, 1.54) is 20.3 Å². The maximum absolute atomic E-state index is 6.24. The summed E-state index contributed by atoms with van der Waals surface area (Å²) in [4.78, 5) is 0. The predicted molar refractivity (Wildman–Crippen MR) is 85.9 cm³/mol. The van der Waals surface area contributed by atoms with Gasteiger partial charge < -0.3 is 5.32 Å². The van der Waals surface area contributed by atoms with E-state index in [0.29, 0.717) is 0 Å². The highest BCUT2D eigenvalue weighted by atomic mass is 127. The van der Waals surface area contributed by atoms with Gasteiger partial charge in [-0.3, -0.25) is 0 Å². The summed E-state index contributed by atoms with van der Waals surface area (Å²) in [7, 11) is 0. The average Bonchev–Trinajstić information content (AvgIpc) is 2.39. The van der Waals surface area contributed by atoms with Crippen LogP contribution in [0.15, 0.2) is 54.6 Å². The first-order chi connectivity index (χ1) is 8.74. The minimum absolute atomic E-state index is 0.159. The number of benzene rings is 2. The van der Waals surface area contributed by atoms with E-state index in [-0.39, 0.29) is 5.50 Å². The number of nitrogens with one attached hydrogen (secondary N) is 1. The zero-order chi connectivity index (χ0) is 12.5. The second kappa shape index (κ2) is 4.94. The van der Waals surface area contributed by atoms with E-state index < -0.39 is 0 Å². The molecule has 0 bridgehead atoms. The van der Waals surface area contributed by atoms with Crippen molar-refractivity contribution in [3.63, 3.8) is 0 Å². The standard InChI is InChI=1S/C15H11ClIN/c16-15-9-12(10-4-2-1-3-5-10)13-8-11(17)6-7-14(13)18-15/h1-9,15,18H. The Hall–Kier alpha value is -1.00. The fourth-order valence-electron chi connectivity index (χ4n) is 2.16. The predicted octanol–water partition coefficient (Wildman–Crippen LogP) is 4.71.